The Balaban J connectivity index is 1.59. The van der Waals surface area contributed by atoms with Crippen LogP contribution in [-0.4, -0.2) is 41.3 Å². The molecule has 0 bridgehead atoms. The van der Waals surface area contributed by atoms with Crippen molar-refractivity contribution in [3.05, 3.63) is 33.2 Å². The number of rotatable bonds is 4. The summed E-state index contributed by atoms with van der Waals surface area (Å²) in [5, 5.41) is 14.1. The molecule has 2 aromatic rings. The number of ether oxygens (including phenoxy) is 1. The average Bonchev–Trinajstić information content (AvgIpc) is 3.11. The Hall–Kier alpha value is -1.86. The number of nitrogens with zero attached hydrogens (tertiary/aromatic N) is 3. The Morgan fingerprint density at radius 3 is 2.80 bits per heavy atom. The lowest BCUT2D eigenvalue weighted by molar-refractivity contribution is 0.194. The predicted octanol–water partition coefficient (Wildman–Crippen LogP) is 4.17. The van der Waals surface area contributed by atoms with E-state index in [1.807, 2.05) is 4.90 Å². The van der Waals surface area contributed by atoms with Gasteiger partial charge < -0.3 is 15.0 Å². The highest BCUT2D eigenvalue weighted by atomic mass is 35.5. The molecule has 0 radical (unpaired) electrons. The lowest BCUT2D eigenvalue weighted by Crippen LogP contribution is -2.40. The maximum atomic E-state index is 12.5. The van der Waals surface area contributed by atoms with E-state index in [1.165, 1.54) is 0 Å². The lowest BCUT2D eigenvalue weighted by atomic mass is 9.98. The number of hydrogen-bond acceptors (Lipinski definition) is 5. The van der Waals surface area contributed by atoms with Crippen LogP contribution in [0, 0.1) is 0 Å². The number of carbonyl (C=O) groups is 1. The van der Waals surface area contributed by atoms with E-state index in [0.717, 1.165) is 29.3 Å². The van der Waals surface area contributed by atoms with Crippen molar-refractivity contribution in [2.24, 2.45) is 0 Å². The lowest BCUT2D eigenvalue weighted by Gasteiger charge is -2.31. The predicted molar refractivity (Wildman–Crippen MR) is 99.9 cm³/mol. The van der Waals surface area contributed by atoms with Crippen LogP contribution in [0.5, 0.6) is 5.75 Å². The number of carbonyl (C=O) groups excluding carboxylic acids is 1. The number of amides is 2. The first kappa shape index (κ1) is 17.9. The van der Waals surface area contributed by atoms with Gasteiger partial charge in [-0.3, -0.25) is 0 Å². The first-order valence-electron chi connectivity index (χ1n) is 8.32. The molecule has 0 spiro atoms. The molecule has 1 aliphatic heterocycles. The summed E-state index contributed by atoms with van der Waals surface area (Å²) in [6.45, 7) is 3.47. The smallest absolute Gasteiger partial charge is 0.321 e. The van der Waals surface area contributed by atoms with E-state index in [2.05, 4.69) is 22.4 Å². The molecule has 1 aromatic carbocycles. The monoisotopic (exact) mass is 380 g/mol. The van der Waals surface area contributed by atoms with E-state index in [0.29, 0.717) is 35.5 Å². The average molecular weight is 381 g/mol. The summed E-state index contributed by atoms with van der Waals surface area (Å²) in [7, 11) is 1.57. The van der Waals surface area contributed by atoms with Crippen molar-refractivity contribution in [2.75, 3.05) is 25.5 Å². The molecule has 3 rings (SSSR count). The largest absolute Gasteiger partial charge is 0.495 e. The fraction of sp³-hybridized carbons (Fsp3) is 0.471. The minimum absolute atomic E-state index is 0.134. The number of urea groups is 1. The summed E-state index contributed by atoms with van der Waals surface area (Å²) in [6, 6.07) is 5.03. The Morgan fingerprint density at radius 2 is 2.16 bits per heavy atom. The van der Waals surface area contributed by atoms with E-state index < -0.39 is 0 Å². The molecule has 1 aromatic heterocycles. The second-order valence-corrected chi connectivity index (χ2v) is 7.45. The number of aryl methyl sites for hydroxylation is 1. The molecule has 1 fully saturated rings. The second kappa shape index (κ2) is 8.01. The molecule has 6 nitrogen and oxygen atoms in total. The minimum atomic E-state index is -0.134. The standard InChI is InChI=1S/C17H21ClN4O2S/c1-3-15-20-21-16(25-15)11-6-8-22(9-7-11)17(23)19-13-10-12(18)4-5-14(13)24-2/h4-5,10-11H,3,6-9H2,1-2H3,(H,19,23). The molecule has 25 heavy (non-hydrogen) atoms. The topological polar surface area (TPSA) is 67.4 Å². The molecule has 8 heteroatoms. The molecule has 0 aliphatic carbocycles. The number of hydrogen-bond donors (Lipinski definition) is 1. The normalized spacial score (nSPS) is 15.2. The van der Waals surface area contributed by atoms with E-state index in [9.17, 15) is 4.79 Å². The van der Waals surface area contributed by atoms with Crippen LogP contribution in [0.1, 0.15) is 35.7 Å². The third-order valence-corrected chi connectivity index (χ3v) is 5.78. The molecule has 0 saturated carbocycles. The van der Waals surface area contributed by atoms with Gasteiger partial charge in [0.1, 0.15) is 15.8 Å². The van der Waals surface area contributed by atoms with Gasteiger partial charge in [0.15, 0.2) is 0 Å². The van der Waals surface area contributed by atoms with Crippen LogP contribution >= 0.6 is 22.9 Å². The van der Waals surface area contributed by atoms with Crippen molar-refractivity contribution in [3.8, 4) is 5.75 Å². The number of anilines is 1. The summed E-state index contributed by atoms with van der Waals surface area (Å²) in [5.41, 5.74) is 0.582. The quantitative estimate of drug-likeness (QED) is 0.864. The molecule has 2 amide bonds. The van der Waals surface area contributed by atoms with Crippen LogP contribution in [-0.2, 0) is 6.42 Å². The Labute approximate surface area is 156 Å². The number of piperidine rings is 1. The summed E-state index contributed by atoms with van der Waals surface area (Å²) in [6.07, 6.45) is 2.72. The van der Waals surface area contributed by atoms with Gasteiger partial charge in [-0.1, -0.05) is 18.5 Å². The van der Waals surface area contributed by atoms with Gasteiger partial charge in [-0.25, -0.2) is 4.79 Å². The van der Waals surface area contributed by atoms with Gasteiger partial charge >= 0.3 is 6.03 Å². The van der Waals surface area contributed by atoms with Crippen LogP contribution in [0.25, 0.3) is 0 Å². The maximum absolute atomic E-state index is 12.5. The molecular weight excluding hydrogens is 360 g/mol. The number of benzene rings is 1. The van der Waals surface area contributed by atoms with E-state index in [4.69, 9.17) is 16.3 Å². The third-order valence-electron chi connectivity index (χ3n) is 4.32. The second-order valence-electron chi connectivity index (χ2n) is 5.92. The van der Waals surface area contributed by atoms with Gasteiger partial charge in [0.2, 0.25) is 0 Å². The van der Waals surface area contributed by atoms with E-state index in [-0.39, 0.29) is 6.03 Å². The number of halogens is 1. The van der Waals surface area contributed by atoms with Gasteiger partial charge in [-0.15, -0.1) is 21.5 Å². The van der Waals surface area contributed by atoms with Gasteiger partial charge in [-0.2, -0.15) is 0 Å². The van der Waals surface area contributed by atoms with Gasteiger partial charge in [0.25, 0.3) is 0 Å². The Morgan fingerprint density at radius 1 is 1.40 bits per heavy atom. The van der Waals surface area contributed by atoms with Crippen LogP contribution in [0.3, 0.4) is 0 Å². The van der Waals surface area contributed by atoms with Crippen molar-refractivity contribution in [1.29, 1.82) is 0 Å². The molecule has 1 aliphatic rings. The zero-order valence-electron chi connectivity index (χ0n) is 14.3. The minimum Gasteiger partial charge on any atom is -0.495 e. The van der Waals surface area contributed by atoms with Crippen molar-refractivity contribution < 1.29 is 9.53 Å². The fourth-order valence-electron chi connectivity index (χ4n) is 2.88. The molecule has 0 unspecified atom stereocenters. The molecule has 134 valence electrons. The highest BCUT2D eigenvalue weighted by molar-refractivity contribution is 7.11. The summed E-state index contributed by atoms with van der Waals surface area (Å²) < 4.78 is 5.27. The van der Waals surface area contributed by atoms with Crippen LogP contribution in [0.4, 0.5) is 10.5 Å². The van der Waals surface area contributed by atoms with Crippen molar-refractivity contribution in [1.82, 2.24) is 15.1 Å². The first-order valence-corrected chi connectivity index (χ1v) is 9.52. The molecule has 1 N–H and O–H groups in total. The Kier molecular flexibility index (Phi) is 5.75. The zero-order valence-corrected chi connectivity index (χ0v) is 15.9. The van der Waals surface area contributed by atoms with Crippen LogP contribution in [0.15, 0.2) is 18.2 Å². The van der Waals surface area contributed by atoms with Gasteiger partial charge in [-0.05, 0) is 37.5 Å². The van der Waals surface area contributed by atoms with E-state index in [1.54, 1.807) is 36.6 Å². The van der Waals surface area contributed by atoms with E-state index >= 15 is 0 Å². The maximum Gasteiger partial charge on any atom is 0.321 e. The number of aromatic nitrogens is 2. The molecular formula is C17H21ClN4O2S. The highest BCUT2D eigenvalue weighted by Gasteiger charge is 2.26. The van der Waals surface area contributed by atoms with Crippen molar-refractivity contribution in [2.45, 2.75) is 32.1 Å². The fourth-order valence-corrected chi connectivity index (χ4v) is 4.00. The zero-order chi connectivity index (χ0) is 17.8. The van der Waals surface area contributed by atoms with Crippen molar-refractivity contribution in [3.63, 3.8) is 0 Å². The number of nitrogens with one attached hydrogen (secondary N) is 1. The van der Waals surface area contributed by atoms with Crippen LogP contribution < -0.4 is 10.1 Å². The van der Waals surface area contributed by atoms with Gasteiger partial charge in [0, 0.05) is 24.0 Å². The number of methoxy groups -OCH3 is 1. The number of likely N-dealkylation sites (tertiary alicyclic amines) is 1. The molecule has 1 saturated heterocycles. The highest BCUT2D eigenvalue weighted by Crippen LogP contribution is 2.31. The van der Waals surface area contributed by atoms with Crippen molar-refractivity contribution >= 4 is 34.7 Å². The molecule has 2 heterocycles. The Bertz CT molecular complexity index is 744. The third kappa shape index (κ3) is 4.22. The van der Waals surface area contributed by atoms with Crippen LogP contribution in [0.2, 0.25) is 5.02 Å². The summed E-state index contributed by atoms with van der Waals surface area (Å²) >= 11 is 7.70. The van der Waals surface area contributed by atoms with Gasteiger partial charge in [0.05, 0.1) is 12.8 Å². The summed E-state index contributed by atoms with van der Waals surface area (Å²) in [4.78, 5) is 14.3. The summed E-state index contributed by atoms with van der Waals surface area (Å²) in [5.74, 6) is 0.983. The SMILES string of the molecule is CCc1nnc(C2CCN(C(=O)Nc3cc(Cl)ccc3OC)CC2)s1. The molecule has 0 atom stereocenters. The first-order chi connectivity index (χ1) is 12.1.